The summed E-state index contributed by atoms with van der Waals surface area (Å²) in [5, 5.41) is 12.1. The number of benzene rings is 1. The molecule has 1 rings (SSSR count). The molecule has 0 fully saturated rings. The van der Waals surface area contributed by atoms with E-state index >= 15 is 0 Å². The standard InChI is InChI=1S/C13H19NO4/c1-4-5-11(13(15)16)14-10-7-6-9(17-2)8-12(10)18-3/h6-8,11,14H,4-5H2,1-3H3,(H,15,16)/t11-/m0/s1. The van der Waals surface area contributed by atoms with Crippen LogP contribution in [0.2, 0.25) is 0 Å². The van der Waals surface area contributed by atoms with Gasteiger partial charge in [-0.2, -0.15) is 0 Å². The topological polar surface area (TPSA) is 67.8 Å². The van der Waals surface area contributed by atoms with Crippen molar-refractivity contribution >= 4 is 11.7 Å². The molecule has 0 unspecified atom stereocenters. The van der Waals surface area contributed by atoms with Gasteiger partial charge in [0, 0.05) is 6.07 Å². The van der Waals surface area contributed by atoms with Crippen LogP contribution in [0.3, 0.4) is 0 Å². The zero-order valence-electron chi connectivity index (χ0n) is 10.9. The fourth-order valence-corrected chi connectivity index (χ4v) is 1.65. The highest BCUT2D eigenvalue weighted by atomic mass is 16.5. The van der Waals surface area contributed by atoms with Crippen LogP contribution in [-0.2, 0) is 4.79 Å². The summed E-state index contributed by atoms with van der Waals surface area (Å²) < 4.78 is 10.3. The Morgan fingerprint density at radius 2 is 2.11 bits per heavy atom. The van der Waals surface area contributed by atoms with Crippen molar-refractivity contribution in [3.05, 3.63) is 18.2 Å². The fraction of sp³-hybridized carbons (Fsp3) is 0.462. The van der Waals surface area contributed by atoms with Gasteiger partial charge in [-0.05, 0) is 18.6 Å². The molecular formula is C13H19NO4. The highest BCUT2D eigenvalue weighted by Crippen LogP contribution is 2.29. The molecule has 0 saturated heterocycles. The predicted octanol–water partition coefficient (Wildman–Crippen LogP) is 2.37. The lowest BCUT2D eigenvalue weighted by Crippen LogP contribution is -2.29. The van der Waals surface area contributed by atoms with Gasteiger partial charge >= 0.3 is 5.97 Å². The van der Waals surface area contributed by atoms with Crippen molar-refractivity contribution in [1.82, 2.24) is 0 Å². The Bertz CT molecular complexity index is 406. The van der Waals surface area contributed by atoms with E-state index in [4.69, 9.17) is 14.6 Å². The lowest BCUT2D eigenvalue weighted by Gasteiger charge is -2.17. The molecule has 5 nitrogen and oxygen atoms in total. The molecule has 1 aromatic rings. The second kappa shape index (κ2) is 6.74. The maximum absolute atomic E-state index is 11.1. The van der Waals surface area contributed by atoms with E-state index < -0.39 is 12.0 Å². The van der Waals surface area contributed by atoms with Gasteiger partial charge in [0.05, 0.1) is 19.9 Å². The van der Waals surface area contributed by atoms with Crippen molar-refractivity contribution in [3.8, 4) is 11.5 Å². The first-order chi connectivity index (χ1) is 8.62. The van der Waals surface area contributed by atoms with Gasteiger partial charge in [0.15, 0.2) is 0 Å². The molecule has 0 aliphatic rings. The van der Waals surface area contributed by atoms with Gasteiger partial charge in [0.1, 0.15) is 17.5 Å². The van der Waals surface area contributed by atoms with E-state index in [1.165, 1.54) is 7.11 Å². The summed E-state index contributed by atoms with van der Waals surface area (Å²) in [5.41, 5.74) is 0.652. The molecule has 0 spiro atoms. The van der Waals surface area contributed by atoms with Crippen LogP contribution < -0.4 is 14.8 Å². The van der Waals surface area contributed by atoms with Gasteiger partial charge in [-0.3, -0.25) is 0 Å². The van der Waals surface area contributed by atoms with Crippen LogP contribution in [-0.4, -0.2) is 31.3 Å². The number of carboxylic acid groups (broad SMARTS) is 1. The molecule has 0 aromatic heterocycles. The molecule has 0 amide bonds. The van der Waals surface area contributed by atoms with Gasteiger partial charge in [-0.1, -0.05) is 13.3 Å². The Kier molecular flexibility index (Phi) is 5.30. The largest absolute Gasteiger partial charge is 0.497 e. The van der Waals surface area contributed by atoms with E-state index in [1.807, 2.05) is 6.92 Å². The monoisotopic (exact) mass is 253 g/mol. The third kappa shape index (κ3) is 3.55. The number of anilines is 1. The molecule has 0 saturated carbocycles. The first-order valence-corrected chi connectivity index (χ1v) is 5.83. The average molecular weight is 253 g/mol. The van der Waals surface area contributed by atoms with Crippen LogP contribution in [0.5, 0.6) is 11.5 Å². The summed E-state index contributed by atoms with van der Waals surface area (Å²) in [7, 11) is 3.11. The molecule has 1 atom stereocenters. The van der Waals surface area contributed by atoms with Gasteiger partial charge < -0.3 is 19.9 Å². The molecule has 2 N–H and O–H groups in total. The SMILES string of the molecule is CCC[C@H](Nc1ccc(OC)cc1OC)C(=O)O. The van der Waals surface area contributed by atoms with Gasteiger partial charge in [0.2, 0.25) is 0 Å². The van der Waals surface area contributed by atoms with Crippen molar-refractivity contribution in [2.45, 2.75) is 25.8 Å². The Hall–Kier alpha value is -1.91. The molecule has 18 heavy (non-hydrogen) atoms. The zero-order valence-corrected chi connectivity index (χ0v) is 10.9. The molecular weight excluding hydrogens is 234 g/mol. The summed E-state index contributed by atoms with van der Waals surface area (Å²) in [6.45, 7) is 1.95. The van der Waals surface area contributed by atoms with Crippen LogP contribution in [0.4, 0.5) is 5.69 Å². The summed E-state index contributed by atoms with van der Waals surface area (Å²) in [5.74, 6) is 0.367. The predicted molar refractivity (Wildman–Crippen MR) is 69.5 cm³/mol. The van der Waals surface area contributed by atoms with E-state index in [0.29, 0.717) is 23.6 Å². The van der Waals surface area contributed by atoms with Gasteiger partial charge in [-0.25, -0.2) is 4.79 Å². The molecule has 0 aliphatic carbocycles. The third-order valence-electron chi connectivity index (χ3n) is 2.61. The highest BCUT2D eigenvalue weighted by Gasteiger charge is 2.17. The van der Waals surface area contributed by atoms with Crippen LogP contribution in [0.15, 0.2) is 18.2 Å². The van der Waals surface area contributed by atoms with Gasteiger partial charge in [-0.15, -0.1) is 0 Å². The normalized spacial score (nSPS) is 11.7. The number of ether oxygens (including phenoxy) is 2. The number of rotatable bonds is 7. The Morgan fingerprint density at radius 3 is 2.61 bits per heavy atom. The molecule has 0 bridgehead atoms. The Morgan fingerprint density at radius 1 is 1.39 bits per heavy atom. The van der Waals surface area contributed by atoms with Crippen LogP contribution in [0.25, 0.3) is 0 Å². The molecule has 0 heterocycles. The summed E-state index contributed by atoms with van der Waals surface area (Å²) >= 11 is 0. The number of hydrogen-bond donors (Lipinski definition) is 2. The van der Waals surface area contributed by atoms with E-state index in [-0.39, 0.29) is 0 Å². The fourth-order valence-electron chi connectivity index (χ4n) is 1.65. The second-order valence-electron chi connectivity index (χ2n) is 3.89. The Labute approximate surface area is 107 Å². The van der Waals surface area contributed by atoms with E-state index in [1.54, 1.807) is 25.3 Å². The minimum Gasteiger partial charge on any atom is -0.497 e. The molecule has 5 heteroatoms. The lowest BCUT2D eigenvalue weighted by atomic mass is 10.1. The van der Waals surface area contributed by atoms with E-state index in [2.05, 4.69) is 5.32 Å². The third-order valence-corrected chi connectivity index (χ3v) is 2.61. The average Bonchev–Trinajstić information content (AvgIpc) is 2.38. The van der Waals surface area contributed by atoms with Crippen molar-refractivity contribution in [2.24, 2.45) is 0 Å². The number of nitrogens with one attached hydrogen (secondary N) is 1. The quantitative estimate of drug-likeness (QED) is 0.780. The van der Waals surface area contributed by atoms with Gasteiger partial charge in [0.25, 0.3) is 0 Å². The molecule has 0 aliphatic heterocycles. The first kappa shape index (κ1) is 14.2. The number of carbonyl (C=O) groups is 1. The summed E-state index contributed by atoms with van der Waals surface area (Å²) in [4.78, 5) is 11.1. The molecule has 0 radical (unpaired) electrons. The Balaban J connectivity index is 2.91. The number of hydrogen-bond acceptors (Lipinski definition) is 4. The van der Waals surface area contributed by atoms with Crippen molar-refractivity contribution in [1.29, 1.82) is 0 Å². The smallest absolute Gasteiger partial charge is 0.326 e. The second-order valence-corrected chi connectivity index (χ2v) is 3.89. The summed E-state index contributed by atoms with van der Waals surface area (Å²) in [6.07, 6.45) is 1.35. The molecule has 1 aromatic carbocycles. The van der Waals surface area contributed by atoms with Crippen molar-refractivity contribution < 1.29 is 19.4 Å². The minimum atomic E-state index is -0.866. The lowest BCUT2D eigenvalue weighted by molar-refractivity contribution is -0.138. The first-order valence-electron chi connectivity index (χ1n) is 5.83. The number of carboxylic acids is 1. The van der Waals surface area contributed by atoms with Crippen LogP contribution in [0.1, 0.15) is 19.8 Å². The van der Waals surface area contributed by atoms with Crippen LogP contribution in [0, 0.1) is 0 Å². The van der Waals surface area contributed by atoms with Crippen molar-refractivity contribution in [3.63, 3.8) is 0 Å². The zero-order chi connectivity index (χ0) is 13.5. The van der Waals surface area contributed by atoms with E-state index in [9.17, 15) is 4.79 Å². The summed E-state index contributed by atoms with van der Waals surface area (Å²) in [6, 6.07) is 4.61. The number of methoxy groups -OCH3 is 2. The number of aliphatic carboxylic acids is 1. The maximum atomic E-state index is 11.1. The minimum absolute atomic E-state index is 0.560. The van der Waals surface area contributed by atoms with Crippen LogP contribution >= 0.6 is 0 Å². The van der Waals surface area contributed by atoms with Crippen molar-refractivity contribution in [2.75, 3.05) is 19.5 Å². The van der Waals surface area contributed by atoms with E-state index in [0.717, 1.165) is 6.42 Å². The molecule has 100 valence electrons. The highest BCUT2D eigenvalue weighted by molar-refractivity contribution is 5.78. The maximum Gasteiger partial charge on any atom is 0.326 e.